The van der Waals surface area contributed by atoms with Gasteiger partial charge < -0.3 is 14.6 Å². The standard InChI is InChI=1S/C19H21N5O2/c1-11-8-17(23-12(2)20-11)18-10-24(6-7-26-18)19(25)14-4-5-15-16(9-14)22-13(3)21-15/h4-5,8-9,18H,6-7,10H2,1-3H3,(H,21,22). The van der Waals surface area contributed by atoms with Gasteiger partial charge in [-0.05, 0) is 45.0 Å². The van der Waals surface area contributed by atoms with Gasteiger partial charge in [0.1, 0.15) is 17.8 Å². The Balaban J connectivity index is 1.57. The summed E-state index contributed by atoms with van der Waals surface area (Å²) in [5.41, 5.74) is 4.12. The molecule has 0 saturated carbocycles. The number of rotatable bonds is 2. The van der Waals surface area contributed by atoms with Gasteiger partial charge in [0.15, 0.2) is 0 Å². The van der Waals surface area contributed by atoms with Crippen LogP contribution in [0.4, 0.5) is 0 Å². The van der Waals surface area contributed by atoms with E-state index in [1.807, 2.05) is 49.9 Å². The molecule has 7 nitrogen and oxygen atoms in total. The second-order valence-electron chi connectivity index (χ2n) is 6.65. The lowest BCUT2D eigenvalue weighted by Gasteiger charge is -2.33. The molecule has 134 valence electrons. The maximum absolute atomic E-state index is 13.0. The highest BCUT2D eigenvalue weighted by Crippen LogP contribution is 2.23. The summed E-state index contributed by atoms with van der Waals surface area (Å²) in [5, 5.41) is 0. The van der Waals surface area contributed by atoms with E-state index >= 15 is 0 Å². The Kier molecular flexibility index (Phi) is 4.16. The number of aromatic amines is 1. The van der Waals surface area contributed by atoms with Crippen LogP contribution in [0.5, 0.6) is 0 Å². The van der Waals surface area contributed by atoms with Crippen LogP contribution in [-0.4, -0.2) is 50.4 Å². The van der Waals surface area contributed by atoms with Crippen LogP contribution in [0.2, 0.25) is 0 Å². The molecule has 3 heterocycles. The van der Waals surface area contributed by atoms with Crippen LogP contribution >= 0.6 is 0 Å². The molecule has 0 aliphatic carbocycles. The predicted molar refractivity (Wildman–Crippen MR) is 96.9 cm³/mol. The number of amides is 1. The third kappa shape index (κ3) is 3.17. The van der Waals surface area contributed by atoms with Crippen molar-refractivity contribution in [2.75, 3.05) is 19.7 Å². The number of imidazole rings is 1. The van der Waals surface area contributed by atoms with Crippen molar-refractivity contribution in [2.24, 2.45) is 0 Å². The molecule has 1 N–H and O–H groups in total. The molecule has 3 aromatic rings. The SMILES string of the molecule is Cc1cc(C2CN(C(=O)c3ccc4nc(C)[nH]c4c3)CCO2)nc(C)n1. The number of carbonyl (C=O) groups excluding carboxylic acids is 1. The molecule has 0 radical (unpaired) electrons. The summed E-state index contributed by atoms with van der Waals surface area (Å²) in [7, 11) is 0. The lowest BCUT2D eigenvalue weighted by atomic mass is 10.1. The van der Waals surface area contributed by atoms with E-state index in [-0.39, 0.29) is 12.0 Å². The zero-order valence-corrected chi connectivity index (χ0v) is 15.1. The molecule has 0 bridgehead atoms. The first kappa shape index (κ1) is 16.7. The number of fused-ring (bicyclic) bond motifs is 1. The Hall–Kier alpha value is -2.80. The van der Waals surface area contributed by atoms with E-state index in [0.717, 1.165) is 28.2 Å². The summed E-state index contributed by atoms with van der Waals surface area (Å²) in [6.07, 6.45) is -0.230. The molecule has 1 aliphatic heterocycles. The number of aryl methyl sites for hydroxylation is 3. The van der Waals surface area contributed by atoms with E-state index in [0.29, 0.717) is 31.1 Å². The molecule has 1 atom stereocenters. The topological polar surface area (TPSA) is 84.0 Å². The third-order valence-corrected chi connectivity index (χ3v) is 4.52. The molecule has 0 spiro atoms. The van der Waals surface area contributed by atoms with E-state index in [4.69, 9.17) is 4.74 Å². The molecule has 1 amide bonds. The smallest absolute Gasteiger partial charge is 0.254 e. The van der Waals surface area contributed by atoms with Gasteiger partial charge in [0.2, 0.25) is 0 Å². The van der Waals surface area contributed by atoms with Gasteiger partial charge in [-0.25, -0.2) is 15.0 Å². The van der Waals surface area contributed by atoms with Gasteiger partial charge >= 0.3 is 0 Å². The molecule has 4 rings (SSSR count). The normalized spacial score (nSPS) is 17.7. The summed E-state index contributed by atoms with van der Waals surface area (Å²) in [5.74, 6) is 1.55. The number of aromatic nitrogens is 4. The number of carbonyl (C=O) groups is 1. The van der Waals surface area contributed by atoms with Gasteiger partial charge in [-0.15, -0.1) is 0 Å². The highest BCUT2D eigenvalue weighted by atomic mass is 16.5. The lowest BCUT2D eigenvalue weighted by molar-refractivity contribution is -0.0248. The van der Waals surface area contributed by atoms with Crippen molar-refractivity contribution < 1.29 is 9.53 Å². The number of ether oxygens (including phenoxy) is 1. The van der Waals surface area contributed by atoms with Crippen LogP contribution in [0.15, 0.2) is 24.3 Å². The van der Waals surface area contributed by atoms with Gasteiger partial charge in [-0.3, -0.25) is 4.79 Å². The van der Waals surface area contributed by atoms with E-state index < -0.39 is 0 Å². The fourth-order valence-corrected chi connectivity index (χ4v) is 3.38. The Labute approximate surface area is 151 Å². The fourth-order valence-electron chi connectivity index (χ4n) is 3.38. The molecule has 1 aliphatic rings. The lowest BCUT2D eigenvalue weighted by Crippen LogP contribution is -2.42. The van der Waals surface area contributed by atoms with E-state index in [9.17, 15) is 4.79 Å². The van der Waals surface area contributed by atoms with Gasteiger partial charge in [0.25, 0.3) is 5.91 Å². The first-order valence-corrected chi connectivity index (χ1v) is 8.69. The minimum absolute atomic E-state index is 0.00467. The molecule has 1 fully saturated rings. The monoisotopic (exact) mass is 351 g/mol. The van der Waals surface area contributed by atoms with E-state index in [1.54, 1.807) is 0 Å². The minimum Gasteiger partial charge on any atom is -0.368 e. The second-order valence-corrected chi connectivity index (χ2v) is 6.65. The second kappa shape index (κ2) is 6.49. The molecule has 7 heteroatoms. The number of nitrogens with zero attached hydrogens (tertiary/aromatic N) is 4. The van der Waals surface area contributed by atoms with Crippen LogP contribution < -0.4 is 0 Å². The van der Waals surface area contributed by atoms with Crippen molar-refractivity contribution in [3.63, 3.8) is 0 Å². The predicted octanol–water partition coefficient (Wildman–Crippen LogP) is 2.49. The summed E-state index contributed by atoms with van der Waals surface area (Å²) < 4.78 is 5.86. The van der Waals surface area contributed by atoms with E-state index in [2.05, 4.69) is 19.9 Å². The van der Waals surface area contributed by atoms with Crippen LogP contribution in [0, 0.1) is 20.8 Å². The number of H-pyrrole nitrogens is 1. The minimum atomic E-state index is -0.230. The Morgan fingerprint density at radius 2 is 2.04 bits per heavy atom. The fraction of sp³-hybridized carbons (Fsp3) is 0.368. The molecule has 26 heavy (non-hydrogen) atoms. The average Bonchev–Trinajstić information content (AvgIpc) is 2.99. The number of morpholine rings is 1. The van der Waals surface area contributed by atoms with Crippen molar-refractivity contribution in [2.45, 2.75) is 26.9 Å². The largest absolute Gasteiger partial charge is 0.368 e. The zero-order chi connectivity index (χ0) is 18.3. The van der Waals surface area contributed by atoms with Gasteiger partial charge in [-0.1, -0.05) is 0 Å². The van der Waals surface area contributed by atoms with Crippen molar-refractivity contribution >= 4 is 16.9 Å². The average molecular weight is 351 g/mol. The van der Waals surface area contributed by atoms with Crippen LogP contribution in [0.25, 0.3) is 11.0 Å². The number of nitrogens with one attached hydrogen (secondary N) is 1. The molecule has 2 aromatic heterocycles. The number of hydrogen-bond donors (Lipinski definition) is 1. The zero-order valence-electron chi connectivity index (χ0n) is 15.1. The quantitative estimate of drug-likeness (QED) is 0.767. The Bertz CT molecular complexity index is 961. The van der Waals surface area contributed by atoms with Crippen LogP contribution in [-0.2, 0) is 4.74 Å². The van der Waals surface area contributed by atoms with Crippen molar-refractivity contribution in [3.05, 3.63) is 52.9 Å². The summed E-state index contributed by atoms with van der Waals surface area (Å²) in [4.78, 5) is 31.1. The number of benzene rings is 1. The third-order valence-electron chi connectivity index (χ3n) is 4.52. The van der Waals surface area contributed by atoms with Crippen LogP contribution in [0.1, 0.15) is 39.5 Å². The maximum Gasteiger partial charge on any atom is 0.254 e. The number of hydrogen-bond acceptors (Lipinski definition) is 5. The van der Waals surface area contributed by atoms with Crippen LogP contribution in [0.3, 0.4) is 0 Å². The van der Waals surface area contributed by atoms with E-state index in [1.165, 1.54) is 0 Å². The van der Waals surface area contributed by atoms with Crippen molar-refractivity contribution in [3.8, 4) is 0 Å². The molecular formula is C19H21N5O2. The van der Waals surface area contributed by atoms with Crippen molar-refractivity contribution in [1.29, 1.82) is 0 Å². The summed E-state index contributed by atoms with van der Waals surface area (Å²) >= 11 is 0. The van der Waals surface area contributed by atoms with Crippen molar-refractivity contribution in [1.82, 2.24) is 24.8 Å². The van der Waals surface area contributed by atoms with Gasteiger partial charge in [0, 0.05) is 17.8 Å². The maximum atomic E-state index is 13.0. The van der Waals surface area contributed by atoms with Gasteiger partial charge in [-0.2, -0.15) is 0 Å². The molecule has 1 aromatic carbocycles. The molecular weight excluding hydrogens is 330 g/mol. The molecule has 1 unspecified atom stereocenters. The summed E-state index contributed by atoms with van der Waals surface area (Å²) in [6, 6.07) is 7.49. The Morgan fingerprint density at radius 1 is 1.19 bits per heavy atom. The Morgan fingerprint density at radius 3 is 2.85 bits per heavy atom. The highest BCUT2D eigenvalue weighted by Gasteiger charge is 2.27. The van der Waals surface area contributed by atoms with Gasteiger partial charge in [0.05, 0.1) is 29.9 Å². The first-order valence-electron chi connectivity index (χ1n) is 8.69. The summed E-state index contributed by atoms with van der Waals surface area (Å²) in [6.45, 7) is 7.24. The molecule has 1 saturated heterocycles. The highest BCUT2D eigenvalue weighted by molar-refractivity contribution is 5.97. The first-order chi connectivity index (χ1) is 12.5.